The Balaban J connectivity index is 2.43. The van der Waals surface area contributed by atoms with E-state index < -0.39 is 0 Å². The number of benzene rings is 1. The van der Waals surface area contributed by atoms with Crippen molar-refractivity contribution in [1.29, 1.82) is 0 Å². The van der Waals surface area contributed by atoms with E-state index in [0.29, 0.717) is 6.54 Å². The van der Waals surface area contributed by atoms with Gasteiger partial charge >= 0.3 is 0 Å². The van der Waals surface area contributed by atoms with E-state index in [-0.39, 0.29) is 0 Å². The Hall–Kier alpha value is -1.06. The highest BCUT2D eigenvalue weighted by Gasteiger charge is 2.15. The van der Waals surface area contributed by atoms with E-state index in [1.807, 2.05) is 6.07 Å². The third-order valence-corrected chi connectivity index (χ3v) is 3.33. The van der Waals surface area contributed by atoms with Gasteiger partial charge in [-0.05, 0) is 42.9 Å². The number of hydroxylamine groups is 1. The van der Waals surface area contributed by atoms with E-state index in [9.17, 15) is 0 Å². The quantitative estimate of drug-likeness (QED) is 0.608. The molecule has 1 aromatic rings. The molecule has 0 fully saturated rings. The van der Waals surface area contributed by atoms with E-state index >= 15 is 0 Å². The first-order valence-electron chi connectivity index (χ1n) is 5.91. The first-order valence-corrected chi connectivity index (χ1v) is 5.91. The highest BCUT2D eigenvalue weighted by atomic mass is 16.5. The molecule has 2 N–H and O–H groups in total. The van der Waals surface area contributed by atoms with Crippen LogP contribution in [0.3, 0.4) is 0 Å². The predicted molar refractivity (Wildman–Crippen MR) is 62.9 cm³/mol. The summed E-state index contributed by atoms with van der Waals surface area (Å²) in [6.45, 7) is 0.465. The van der Waals surface area contributed by atoms with Crippen LogP contribution in [0.4, 0.5) is 0 Å². The molecule has 0 bridgehead atoms. The average molecular weight is 221 g/mol. The van der Waals surface area contributed by atoms with Crippen LogP contribution in [-0.4, -0.2) is 12.3 Å². The molecular formula is C13H19NO2. The van der Waals surface area contributed by atoms with Crippen LogP contribution in [0, 0.1) is 0 Å². The van der Waals surface area contributed by atoms with E-state index in [0.717, 1.165) is 24.2 Å². The molecule has 3 heteroatoms. The minimum Gasteiger partial charge on any atom is -0.496 e. The largest absolute Gasteiger partial charge is 0.496 e. The normalized spacial score (nSPS) is 15.4. The van der Waals surface area contributed by atoms with Gasteiger partial charge in [0, 0.05) is 12.1 Å². The molecule has 0 amide bonds. The SMILES string of the molecule is COc1ccc2c(c1CNO)CCCCC2. The summed E-state index contributed by atoms with van der Waals surface area (Å²) in [5, 5.41) is 8.91. The van der Waals surface area contributed by atoms with Crippen molar-refractivity contribution in [1.82, 2.24) is 5.48 Å². The monoisotopic (exact) mass is 221 g/mol. The van der Waals surface area contributed by atoms with Crippen molar-refractivity contribution in [2.45, 2.75) is 38.6 Å². The Kier molecular flexibility index (Phi) is 3.80. The van der Waals surface area contributed by atoms with Gasteiger partial charge in [-0.2, -0.15) is 0 Å². The molecule has 0 aromatic heterocycles. The molecule has 1 aromatic carbocycles. The number of nitrogens with one attached hydrogen (secondary N) is 1. The van der Waals surface area contributed by atoms with Gasteiger partial charge in [-0.1, -0.05) is 12.5 Å². The summed E-state index contributed by atoms with van der Waals surface area (Å²) in [5.41, 5.74) is 6.16. The van der Waals surface area contributed by atoms with E-state index in [2.05, 4.69) is 11.5 Å². The zero-order valence-electron chi connectivity index (χ0n) is 9.75. The molecule has 0 atom stereocenters. The summed E-state index contributed by atoms with van der Waals surface area (Å²) in [6, 6.07) is 4.18. The second-order valence-corrected chi connectivity index (χ2v) is 4.28. The second-order valence-electron chi connectivity index (χ2n) is 4.28. The fourth-order valence-electron chi connectivity index (χ4n) is 2.52. The number of aryl methyl sites for hydroxylation is 1. The maximum atomic E-state index is 8.91. The Morgan fingerprint density at radius 3 is 2.81 bits per heavy atom. The van der Waals surface area contributed by atoms with Gasteiger partial charge in [0.05, 0.1) is 7.11 Å². The first kappa shape index (κ1) is 11.4. The summed E-state index contributed by atoms with van der Waals surface area (Å²) >= 11 is 0. The molecule has 0 spiro atoms. The van der Waals surface area contributed by atoms with Crippen LogP contribution in [-0.2, 0) is 19.4 Å². The topological polar surface area (TPSA) is 41.5 Å². The van der Waals surface area contributed by atoms with Crippen molar-refractivity contribution < 1.29 is 9.94 Å². The molecule has 88 valence electrons. The molecule has 0 unspecified atom stereocenters. The van der Waals surface area contributed by atoms with Gasteiger partial charge in [0.2, 0.25) is 0 Å². The Morgan fingerprint density at radius 2 is 2.06 bits per heavy atom. The fraction of sp³-hybridized carbons (Fsp3) is 0.538. The lowest BCUT2D eigenvalue weighted by Gasteiger charge is -2.15. The Morgan fingerprint density at radius 1 is 1.25 bits per heavy atom. The summed E-state index contributed by atoms with van der Waals surface area (Å²) in [4.78, 5) is 0. The minimum absolute atomic E-state index is 0.465. The number of methoxy groups -OCH3 is 1. The third-order valence-electron chi connectivity index (χ3n) is 3.33. The van der Waals surface area contributed by atoms with Crippen LogP contribution in [0.2, 0.25) is 0 Å². The standard InChI is InChI=1S/C13H19NO2/c1-16-13-8-7-10-5-3-2-4-6-11(10)12(13)9-14-15/h7-8,14-15H,2-6,9H2,1H3. The van der Waals surface area contributed by atoms with Crippen LogP contribution >= 0.6 is 0 Å². The van der Waals surface area contributed by atoms with Crippen LogP contribution in [0.5, 0.6) is 5.75 Å². The number of rotatable bonds is 3. The van der Waals surface area contributed by atoms with Gasteiger partial charge in [0.15, 0.2) is 0 Å². The molecule has 1 aliphatic carbocycles. The van der Waals surface area contributed by atoms with Gasteiger partial charge in [-0.15, -0.1) is 0 Å². The predicted octanol–water partition coefficient (Wildman–Crippen LogP) is 2.44. The van der Waals surface area contributed by atoms with E-state index in [1.165, 1.54) is 30.4 Å². The molecule has 0 saturated heterocycles. The molecular weight excluding hydrogens is 202 g/mol. The molecule has 16 heavy (non-hydrogen) atoms. The van der Waals surface area contributed by atoms with Crippen LogP contribution < -0.4 is 10.2 Å². The summed E-state index contributed by atoms with van der Waals surface area (Å²) in [7, 11) is 1.68. The molecule has 0 saturated carbocycles. The zero-order chi connectivity index (χ0) is 11.4. The number of ether oxygens (including phenoxy) is 1. The van der Waals surface area contributed by atoms with Gasteiger partial charge in [0.1, 0.15) is 5.75 Å². The zero-order valence-corrected chi connectivity index (χ0v) is 9.75. The maximum absolute atomic E-state index is 8.91. The summed E-state index contributed by atoms with van der Waals surface area (Å²) in [6.07, 6.45) is 6.05. The highest BCUT2D eigenvalue weighted by Crippen LogP contribution is 2.30. The van der Waals surface area contributed by atoms with E-state index in [1.54, 1.807) is 7.11 Å². The minimum atomic E-state index is 0.465. The van der Waals surface area contributed by atoms with Crippen LogP contribution in [0.1, 0.15) is 36.0 Å². The summed E-state index contributed by atoms with van der Waals surface area (Å²) < 4.78 is 5.35. The third kappa shape index (κ3) is 2.20. The van der Waals surface area contributed by atoms with Gasteiger partial charge < -0.3 is 9.94 Å². The average Bonchev–Trinajstić information content (AvgIpc) is 2.55. The number of hydrogen-bond donors (Lipinski definition) is 2. The molecule has 3 nitrogen and oxygen atoms in total. The lowest BCUT2D eigenvalue weighted by Crippen LogP contribution is -2.11. The van der Waals surface area contributed by atoms with Crippen molar-refractivity contribution in [2.75, 3.05) is 7.11 Å². The molecule has 0 heterocycles. The summed E-state index contributed by atoms with van der Waals surface area (Å²) in [5.74, 6) is 0.877. The van der Waals surface area contributed by atoms with Crippen molar-refractivity contribution in [3.63, 3.8) is 0 Å². The van der Waals surface area contributed by atoms with Crippen molar-refractivity contribution >= 4 is 0 Å². The Labute approximate surface area is 96.4 Å². The first-order chi connectivity index (χ1) is 7.86. The van der Waals surface area contributed by atoms with Crippen LogP contribution in [0.25, 0.3) is 0 Å². The molecule has 1 aliphatic rings. The molecule has 2 rings (SSSR count). The highest BCUT2D eigenvalue weighted by molar-refractivity contribution is 5.45. The number of fused-ring (bicyclic) bond motifs is 1. The van der Waals surface area contributed by atoms with Crippen molar-refractivity contribution in [2.24, 2.45) is 0 Å². The fourth-order valence-corrected chi connectivity index (χ4v) is 2.52. The van der Waals surface area contributed by atoms with Crippen LogP contribution in [0.15, 0.2) is 12.1 Å². The van der Waals surface area contributed by atoms with Crippen molar-refractivity contribution in [3.05, 3.63) is 28.8 Å². The van der Waals surface area contributed by atoms with E-state index in [4.69, 9.17) is 9.94 Å². The Bertz CT molecular complexity index is 363. The lowest BCUT2D eigenvalue weighted by molar-refractivity contribution is 0.160. The second kappa shape index (κ2) is 5.32. The number of hydrogen-bond acceptors (Lipinski definition) is 3. The van der Waals surface area contributed by atoms with Gasteiger partial charge in [0.25, 0.3) is 0 Å². The van der Waals surface area contributed by atoms with Gasteiger partial charge in [-0.25, -0.2) is 5.48 Å². The molecule has 0 aliphatic heterocycles. The molecule has 0 radical (unpaired) electrons. The van der Waals surface area contributed by atoms with Gasteiger partial charge in [-0.3, -0.25) is 0 Å². The smallest absolute Gasteiger partial charge is 0.123 e. The lowest BCUT2D eigenvalue weighted by atomic mass is 9.96. The van der Waals surface area contributed by atoms with Crippen molar-refractivity contribution in [3.8, 4) is 5.75 Å². The maximum Gasteiger partial charge on any atom is 0.123 e.